The molecule has 1 heterocycles. The second kappa shape index (κ2) is 8.57. The average molecular weight is 497 g/mol. The Labute approximate surface area is 205 Å². The van der Waals surface area contributed by atoms with E-state index in [0.29, 0.717) is 30.3 Å². The monoisotopic (exact) mass is 496 g/mol. The molecule has 0 unspecified atom stereocenters. The van der Waals surface area contributed by atoms with E-state index in [-0.39, 0.29) is 29.1 Å². The second-order valence-corrected chi connectivity index (χ2v) is 12.6. The molecule has 4 aliphatic rings. The van der Waals surface area contributed by atoms with Gasteiger partial charge in [0.05, 0.1) is 30.5 Å². The number of hydrogen-bond donors (Lipinski definition) is 1. The molecular formula is C27H39F3N2O3. The van der Waals surface area contributed by atoms with E-state index >= 15 is 0 Å². The summed E-state index contributed by atoms with van der Waals surface area (Å²) in [6.07, 6.45) is 6.10. The average Bonchev–Trinajstić information content (AvgIpc) is 3.38. The van der Waals surface area contributed by atoms with Crippen LogP contribution in [-0.4, -0.2) is 40.0 Å². The predicted molar refractivity (Wildman–Crippen MR) is 124 cm³/mol. The van der Waals surface area contributed by atoms with E-state index in [1.54, 1.807) is 7.11 Å². The molecule has 0 spiro atoms. The van der Waals surface area contributed by atoms with Gasteiger partial charge in [-0.1, -0.05) is 13.8 Å². The molecule has 0 radical (unpaired) electrons. The van der Waals surface area contributed by atoms with Gasteiger partial charge in [0.25, 0.3) is 0 Å². The summed E-state index contributed by atoms with van der Waals surface area (Å²) in [5, 5.41) is 14.9. The number of aromatic nitrogens is 2. The molecule has 5 nitrogen and oxygen atoms in total. The first kappa shape index (κ1) is 25.2. The Hall–Kier alpha value is -1.41. The number of carbonyl (C=O) groups is 1. The number of carbonyl (C=O) groups excluding carboxylic acids is 1. The summed E-state index contributed by atoms with van der Waals surface area (Å²) in [5.41, 5.74) is -1.39. The molecule has 0 bridgehead atoms. The van der Waals surface area contributed by atoms with E-state index in [4.69, 9.17) is 4.74 Å². The van der Waals surface area contributed by atoms with Crippen LogP contribution in [-0.2, 0) is 22.3 Å². The van der Waals surface area contributed by atoms with Crippen LogP contribution in [0.4, 0.5) is 13.2 Å². The Morgan fingerprint density at radius 1 is 1.11 bits per heavy atom. The van der Waals surface area contributed by atoms with Gasteiger partial charge in [0.2, 0.25) is 0 Å². The van der Waals surface area contributed by atoms with Crippen LogP contribution in [0.1, 0.15) is 77.2 Å². The van der Waals surface area contributed by atoms with Gasteiger partial charge in [0, 0.05) is 19.2 Å². The van der Waals surface area contributed by atoms with Gasteiger partial charge in [0.15, 0.2) is 5.78 Å². The highest BCUT2D eigenvalue weighted by Gasteiger charge is 2.62. The van der Waals surface area contributed by atoms with Crippen molar-refractivity contribution in [3.63, 3.8) is 0 Å². The summed E-state index contributed by atoms with van der Waals surface area (Å²) in [5.74, 6) is 2.09. The summed E-state index contributed by atoms with van der Waals surface area (Å²) in [4.78, 5) is 13.3. The predicted octanol–water partition coefficient (Wildman–Crippen LogP) is 5.51. The van der Waals surface area contributed by atoms with E-state index in [1.807, 2.05) is 0 Å². The molecule has 4 aliphatic carbocycles. The van der Waals surface area contributed by atoms with Crippen molar-refractivity contribution in [3.05, 3.63) is 18.0 Å². The zero-order chi connectivity index (χ0) is 25.2. The minimum atomic E-state index is -4.45. The number of ketones is 1. The second-order valence-electron chi connectivity index (χ2n) is 12.6. The Morgan fingerprint density at radius 2 is 1.86 bits per heavy atom. The molecular weight excluding hydrogens is 457 g/mol. The number of rotatable bonds is 5. The smallest absolute Gasteiger partial charge is 0.387 e. The fourth-order valence-electron chi connectivity index (χ4n) is 9.12. The van der Waals surface area contributed by atoms with Crippen LogP contribution in [0.15, 0.2) is 12.4 Å². The lowest BCUT2D eigenvalue weighted by Crippen LogP contribution is -2.56. The van der Waals surface area contributed by atoms with Crippen molar-refractivity contribution in [2.75, 3.05) is 13.7 Å². The van der Waals surface area contributed by atoms with Crippen LogP contribution < -0.4 is 0 Å². The molecule has 4 saturated carbocycles. The van der Waals surface area contributed by atoms with Crippen molar-refractivity contribution in [1.29, 1.82) is 0 Å². The number of methoxy groups -OCH3 is 1. The maximum Gasteiger partial charge on any atom is 0.419 e. The standard InChI is InChI=1S/C27H39F3N2O3/c1-24-10-11-26(34,16-35-3)12-17(24)4-5-19-20-6-7-22(25(20,2)9-8-21(19)24)23(33)15-32-14-18(13-31-32)27(28,29)30/h13-14,17,19-22,34H,4-12,15-16H2,1-3H3/t17-,19-,20-,21-,22+,24-,25-,26+/m0/s1. The lowest BCUT2D eigenvalue weighted by Gasteiger charge is -2.62. The molecule has 8 heteroatoms. The molecule has 5 rings (SSSR count). The summed E-state index contributed by atoms with van der Waals surface area (Å²) >= 11 is 0. The third-order valence-electron chi connectivity index (χ3n) is 10.9. The summed E-state index contributed by atoms with van der Waals surface area (Å²) in [7, 11) is 1.66. The maximum absolute atomic E-state index is 13.3. The summed E-state index contributed by atoms with van der Waals surface area (Å²) in [6.45, 7) is 5.02. The summed E-state index contributed by atoms with van der Waals surface area (Å²) in [6, 6.07) is 0. The van der Waals surface area contributed by atoms with Crippen LogP contribution >= 0.6 is 0 Å². The Kier molecular flexibility index (Phi) is 6.18. The van der Waals surface area contributed by atoms with Crippen LogP contribution in [0.2, 0.25) is 0 Å². The molecule has 35 heavy (non-hydrogen) atoms. The number of halogens is 3. The van der Waals surface area contributed by atoms with Crippen molar-refractivity contribution in [2.45, 2.75) is 90.0 Å². The SMILES string of the molecule is COC[C@@]1(O)CC[C@@]2(C)[C@@H](CC[C@@H]3[C@@H]2CC[C@]2(C)[C@@H](C(=O)Cn4cc(C(F)(F)F)cn4)CC[C@@H]32)C1. The topological polar surface area (TPSA) is 64.3 Å². The van der Waals surface area contributed by atoms with Crippen LogP contribution in [0.3, 0.4) is 0 Å². The van der Waals surface area contributed by atoms with Crippen LogP contribution in [0.5, 0.6) is 0 Å². The Morgan fingerprint density at radius 3 is 2.54 bits per heavy atom. The number of hydrogen-bond acceptors (Lipinski definition) is 4. The third kappa shape index (κ3) is 4.16. The van der Waals surface area contributed by atoms with Crippen molar-refractivity contribution < 1.29 is 27.8 Å². The highest BCUT2D eigenvalue weighted by atomic mass is 19.4. The maximum atomic E-state index is 13.3. The first-order chi connectivity index (χ1) is 16.4. The van der Waals surface area contributed by atoms with Gasteiger partial charge >= 0.3 is 6.18 Å². The van der Waals surface area contributed by atoms with Gasteiger partial charge in [0.1, 0.15) is 0 Å². The molecule has 0 saturated heterocycles. The molecule has 1 aromatic heterocycles. The Balaban J connectivity index is 1.30. The van der Waals surface area contributed by atoms with Gasteiger partial charge < -0.3 is 9.84 Å². The molecule has 0 amide bonds. The lowest BCUT2D eigenvalue weighted by molar-refractivity contribution is -0.164. The quantitative estimate of drug-likeness (QED) is 0.584. The number of nitrogens with zero attached hydrogens (tertiary/aromatic N) is 2. The Bertz CT molecular complexity index is 964. The minimum absolute atomic E-state index is 0.0208. The number of Topliss-reactive ketones (excluding diaryl/α,β-unsaturated/α-hetero) is 1. The number of fused-ring (bicyclic) bond motifs is 5. The molecule has 1 N–H and O–H groups in total. The minimum Gasteiger partial charge on any atom is -0.387 e. The summed E-state index contributed by atoms with van der Waals surface area (Å²) < 4.78 is 45.3. The van der Waals surface area contributed by atoms with Crippen molar-refractivity contribution in [1.82, 2.24) is 9.78 Å². The zero-order valence-electron chi connectivity index (χ0n) is 21.1. The van der Waals surface area contributed by atoms with Crippen molar-refractivity contribution in [2.24, 2.45) is 40.4 Å². The molecule has 0 aliphatic heterocycles. The van der Waals surface area contributed by atoms with Gasteiger partial charge in [-0.3, -0.25) is 9.48 Å². The van der Waals surface area contributed by atoms with Crippen molar-refractivity contribution in [3.8, 4) is 0 Å². The van der Waals surface area contributed by atoms with E-state index in [0.717, 1.165) is 74.9 Å². The fraction of sp³-hybridized carbons (Fsp3) is 0.852. The largest absolute Gasteiger partial charge is 0.419 e. The van der Waals surface area contributed by atoms with Crippen LogP contribution in [0.25, 0.3) is 0 Å². The molecule has 196 valence electrons. The number of aliphatic hydroxyl groups is 1. The van der Waals surface area contributed by atoms with E-state index in [1.165, 1.54) is 0 Å². The normalized spacial score (nSPS) is 43.3. The highest BCUT2D eigenvalue weighted by Crippen LogP contribution is 2.68. The fourth-order valence-corrected chi connectivity index (χ4v) is 9.12. The van der Waals surface area contributed by atoms with Crippen LogP contribution in [0, 0.1) is 40.4 Å². The lowest BCUT2D eigenvalue weighted by atomic mass is 9.44. The van der Waals surface area contributed by atoms with E-state index in [2.05, 4.69) is 18.9 Å². The van der Waals surface area contributed by atoms with Gasteiger partial charge in [-0.15, -0.1) is 0 Å². The number of ether oxygens (including phenoxy) is 1. The van der Waals surface area contributed by atoms with E-state index < -0.39 is 17.3 Å². The van der Waals surface area contributed by atoms with E-state index in [9.17, 15) is 23.1 Å². The highest BCUT2D eigenvalue weighted by molar-refractivity contribution is 5.82. The van der Waals surface area contributed by atoms with Gasteiger partial charge in [-0.25, -0.2) is 0 Å². The molecule has 8 atom stereocenters. The molecule has 1 aromatic rings. The van der Waals surface area contributed by atoms with Crippen molar-refractivity contribution >= 4 is 5.78 Å². The molecule has 4 fully saturated rings. The van der Waals surface area contributed by atoms with Gasteiger partial charge in [-0.2, -0.15) is 18.3 Å². The van der Waals surface area contributed by atoms with Gasteiger partial charge in [-0.05, 0) is 92.3 Å². The zero-order valence-corrected chi connectivity index (χ0v) is 21.1. The third-order valence-corrected chi connectivity index (χ3v) is 10.9. The molecule has 0 aromatic carbocycles. The number of alkyl halides is 3. The first-order valence-electron chi connectivity index (χ1n) is 13.2. The first-order valence-corrected chi connectivity index (χ1v) is 13.2.